The number of carbonyl (C=O) groups excluding carboxylic acids is 2. The number of nitrogens with one attached hydrogen (secondary N) is 1. The molecule has 0 aliphatic rings. The number of fused-ring (bicyclic) bond motifs is 1. The summed E-state index contributed by atoms with van der Waals surface area (Å²) in [6.45, 7) is 4.04. The molecule has 196 valence electrons. The Morgan fingerprint density at radius 3 is 2.29 bits per heavy atom. The lowest BCUT2D eigenvalue weighted by Crippen LogP contribution is -2.53. The minimum absolute atomic E-state index is 0.0137. The largest absolute Gasteiger partial charge is 0.483 e. The molecular weight excluding hydrogens is 496 g/mol. The Hall–Kier alpha value is -3.83. The van der Waals surface area contributed by atoms with Crippen molar-refractivity contribution in [2.45, 2.75) is 45.3 Å². The van der Waals surface area contributed by atoms with E-state index in [1.54, 1.807) is 17.0 Å². The second kappa shape index (κ2) is 13.1. The first-order chi connectivity index (χ1) is 18.4. The van der Waals surface area contributed by atoms with E-state index >= 15 is 0 Å². The van der Waals surface area contributed by atoms with Crippen molar-refractivity contribution >= 4 is 34.2 Å². The molecule has 0 radical (unpaired) electrons. The fraction of sp³-hybridized carbons (Fsp3) is 0.250. The Bertz CT molecular complexity index is 1350. The Morgan fingerprint density at radius 1 is 0.868 bits per heavy atom. The Morgan fingerprint density at radius 2 is 1.55 bits per heavy atom. The number of amides is 2. The van der Waals surface area contributed by atoms with Gasteiger partial charge >= 0.3 is 0 Å². The number of hydrogen-bond donors (Lipinski definition) is 1. The molecule has 0 unspecified atom stereocenters. The van der Waals surface area contributed by atoms with Crippen LogP contribution in [-0.2, 0) is 22.6 Å². The van der Waals surface area contributed by atoms with Gasteiger partial charge in [-0.3, -0.25) is 9.59 Å². The van der Waals surface area contributed by atoms with Crippen LogP contribution in [0.1, 0.15) is 31.4 Å². The van der Waals surface area contributed by atoms with Gasteiger partial charge in [0.05, 0.1) is 0 Å². The SMILES string of the molecule is CC[C@@H](C)NC(=O)[C@@H](Cc1ccccc1)N(Cc1ccc(Cl)cc1)C(=O)COc1cccc2ccccc12. The topological polar surface area (TPSA) is 58.6 Å². The normalized spacial score (nSPS) is 12.5. The van der Waals surface area contributed by atoms with Gasteiger partial charge in [-0.25, -0.2) is 0 Å². The highest BCUT2D eigenvalue weighted by atomic mass is 35.5. The summed E-state index contributed by atoms with van der Waals surface area (Å²) in [5, 5.41) is 5.66. The maximum Gasteiger partial charge on any atom is 0.261 e. The number of benzene rings is 4. The van der Waals surface area contributed by atoms with E-state index in [0.29, 0.717) is 17.2 Å². The van der Waals surface area contributed by atoms with Gasteiger partial charge < -0.3 is 15.0 Å². The lowest BCUT2D eigenvalue weighted by Gasteiger charge is -2.32. The summed E-state index contributed by atoms with van der Waals surface area (Å²) < 4.78 is 6.06. The van der Waals surface area contributed by atoms with Crippen molar-refractivity contribution in [3.05, 3.63) is 113 Å². The summed E-state index contributed by atoms with van der Waals surface area (Å²) in [5.74, 6) is 0.176. The second-order valence-electron chi connectivity index (χ2n) is 9.44. The summed E-state index contributed by atoms with van der Waals surface area (Å²) >= 11 is 6.10. The average Bonchev–Trinajstić information content (AvgIpc) is 2.95. The summed E-state index contributed by atoms with van der Waals surface area (Å²) in [6, 6.07) is 30.0. The van der Waals surface area contributed by atoms with Gasteiger partial charge in [-0.1, -0.05) is 97.4 Å². The number of rotatable bonds is 11. The third-order valence-electron chi connectivity index (χ3n) is 6.64. The van der Waals surface area contributed by atoms with Crippen LogP contribution in [0.3, 0.4) is 0 Å². The molecule has 4 aromatic rings. The van der Waals surface area contributed by atoms with Gasteiger partial charge in [0.25, 0.3) is 5.91 Å². The van der Waals surface area contributed by atoms with Crippen LogP contribution in [0.15, 0.2) is 97.1 Å². The summed E-state index contributed by atoms with van der Waals surface area (Å²) in [4.78, 5) is 29.0. The number of hydrogen-bond acceptors (Lipinski definition) is 3. The highest BCUT2D eigenvalue weighted by molar-refractivity contribution is 6.30. The zero-order valence-electron chi connectivity index (χ0n) is 21.8. The van der Waals surface area contributed by atoms with Crippen LogP contribution >= 0.6 is 11.6 Å². The smallest absolute Gasteiger partial charge is 0.261 e. The first kappa shape index (κ1) is 27.2. The van der Waals surface area contributed by atoms with Gasteiger partial charge in [-0.15, -0.1) is 0 Å². The van der Waals surface area contributed by atoms with E-state index in [4.69, 9.17) is 16.3 Å². The maximum absolute atomic E-state index is 13.8. The maximum atomic E-state index is 13.8. The zero-order chi connectivity index (χ0) is 26.9. The summed E-state index contributed by atoms with van der Waals surface area (Å²) in [5.41, 5.74) is 1.85. The van der Waals surface area contributed by atoms with E-state index in [1.165, 1.54) is 0 Å². The van der Waals surface area contributed by atoms with Crippen LogP contribution in [0.4, 0.5) is 0 Å². The third-order valence-corrected chi connectivity index (χ3v) is 6.89. The monoisotopic (exact) mass is 528 g/mol. The zero-order valence-corrected chi connectivity index (χ0v) is 22.5. The number of ether oxygens (including phenoxy) is 1. The number of carbonyl (C=O) groups is 2. The molecule has 0 aliphatic heterocycles. The Labute approximate surface area is 229 Å². The molecule has 0 saturated carbocycles. The molecule has 4 rings (SSSR count). The first-order valence-corrected chi connectivity index (χ1v) is 13.3. The molecule has 2 atom stereocenters. The van der Waals surface area contributed by atoms with Gasteiger partial charge in [-0.05, 0) is 48.1 Å². The van der Waals surface area contributed by atoms with Crippen molar-refractivity contribution < 1.29 is 14.3 Å². The molecule has 0 heterocycles. The van der Waals surface area contributed by atoms with Crippen molar-refractivity contribution in [1.29, 1.82) is 0 Å². The van der Waals surface area contributed by atoms with Crippen molar-refractivity contribution in [3.63, 3.8) is 0 Å². The molecule has 0 spiro atoms. The Balaban J connectivity index is 1.64. The van der Waals surface area contributed by atoms with Crippen LogP contribution in [-0.4, -0.2) is 35.4 Å². The quantitative estimate of drug-likeness (QED) is 0.244. The predicted octanol–water partition coefficient (Wildman–Crippen LogP) is 6.43. The van der Waals surface area contributed by atoms with E-state index in [0.717, 1.165) is 28.3 Å². The molecular formula is C32H33ClN2O3. The van der Waals surface area contributed by atoms with E-state index in [2.05, 4.69) is 5.32 Å². The van der Waals surface area contributed by atoms with Crippen LogP contribution < -0.4 is 10.1 Å². The van der Waals surface area contributed by atoms with Crippen molar-refractivity contribution in [1.82, 2.24) is 10.2 Å². The summed E-state index contributed by atoms with van der Waals surface area (Å²) in [6.07, 6.45) is 1.18. The van der Waals surface area contributed by atoms with Gasteiger partial charge in [-0.2, -0.15) is 0 Å². The van der Waals surface area contributed by atoms with E-state index in [9.17, 15) is 9.59 Å². The first-order valence-electron chi connectivity index (χ1n) is 12.9. The number of halogens is 1. The van der Waals surface area contributed by atoms with E-state index in [1.807, 2.05) is 98.8 Å². The molecule has 6 heteroatoms. The van der Waals surface area contributed by atoms with Crippen LogP contribution in [0.5, 0.6) is 5.75 Å². The molecule has 0 aliphatic carbocycles. The molecule has 0 saturated heterocycles. The highest BCUT2D eigenvalue weighted by Crippen LogP contribution is 2.25. The van der Waals surface area contributed by atoms with Gasteiger partial charge in [0.15, 0.2) is 6.61 Å². The lowest BCUT2D eigenvalue weighted by molar-refractivity contribution is -0.143. The van der Waals surface area contributed by atoms with Gasteiger partial charge in [0, 0.05) is 29.4 Å². The highest BCUT2D eigenvalue weighted by Gasteiger charge is 2.31. The van der Waals surface area contributed by atoms with Crippen LogP contribution in [0.25, 0.3) is 10.8 Å². The average molecular weight is 529 g/mol. The van der Waals surface area contributed by atoms with Gasteiger partial charge in [0.2, 0.25) is 5.91 Å². The molecule has 0 fully saturated rings. The molecule has 5 nitrogen and oxygen atoms in total. The molecule has 0 aromatic heterocycles. The van der Waals surface area contributed by atoms with E-state index in [-0.39, 0.29) is 31.0 Å². The van der Waals surface area contributed by atoms with Crippen LogP contribution in [0, 0.1) is 0 Å². The van der Waals surface area contributed by atoms with Gasteiger partial charge in [0.1, 0.15) is 11.8 Å². The van der Waals surface area contributed by atoms with Crippen LogP contribution in [0.2, 0.25) is 5.02 Å². The van der Waals surface area contributed by atoms with Crippen molar-refractivity contribution in [2.24, 2.45) is 0 Å². The fourth-order valence-electron chi connectivity index (χ4n) is 4.33. The van der Waals surface area contributed by atoms with Crippen molar-refractivity contribution in [3.8, 4) is 5.75 Å². The third kappa shape index (κ3) is 7.14. The standard InChI is InChI=1S/C32H33ClN2O3/c1-3-23(2)34-32(37)29(20-24-10-5-4-6-11-24)35(21-25-16-18-27(33)19-17-25)31(36)22-38-30-15-9-13-26-12-7-8-14-28(26)30/h4-19,23,29H,3,20-22H2,1-2H3,(H,34,37)/t23-,29-/m1/s1. The molecule has 4 aromatic carbocycles. The fourth-order valence-corrected chi connectivity index (χ4v) is 4.45. The Kier molecular flexibility index (Phi) is 9.39. The predicted molar refractivity (Wildman–Crippen MR) is 153 cm³/mol. The molecule has 38 heavy (non-hydrogen) atoms. The lowest BCUT2D eigenvalue weighted by atomic mass is 10.0. The van der Waals surface area contributed by atoms with Crippen molar-refractivity contribution in [2.75, 3.05) is 6.61 Å². The molecule has 1 N–H and O–H groups in total. The van der Waals surface area contributed by atoms with E-state index < -0.39 is 6.04 Å². The molecule has 0 bridgehead atoms. The minimum Gasteiger partial charge on any atom is -0.483 e. The number of nitrogens with zero attached hydrogens (tertiary/aromatic N) is 1. The second-order valence-corrected chi connectivity index (χ2v) is 9.87. The minimum atomic E-state index is -0.717. The summed E-state index contributed by atoms with van der Waals surface area (Å²) in [7, 11) is 0. The molecule has 2 amide bonds.